The molecule has 1 saturated carbocycles. The Morgan fingerprint density at radius 2 is 2.33 bits per heavy atom. The Hall–Kier alpha value is -1.29. The molecule has 2 rings (SSSR count). The highest BCUT2D eigenvalue weighted by Gasteiger charge is 2.25. The molecule has 0 bridgehead atoms. The van der Waals surface area contributed by atoms with E-state index in [9.17, 15) is 0 Å². The maximum atomic E-state index is 5.55. The molecule has 2 N–H and O–H groups in total. The first-order valence-electron chi connectivity index (χ1n) is 5.31. The van der Waals surface area contributed by atoms with Crippen molar-refractivity contribution in [1.82, 2.24) is 9.88 Å². The lowest BCUT2D eigenvalue weighted by Gasteiger charge is -2.15. The van der Waals surface area contributed by atoms with Crippen molar-refractivity contribution in [3.05, 3.63) is 18.2 Å². The number of nitrogens with two attached hydrogens (primary N) is 1. The van der Waals surface area contributed by atoms with Gasteiger partial charge in [-0.15, -0.1) is 0 Å². The van der Waals surface area contributed by atoms with Crippen LogP contribution >= 0.6 is 0 Å². The highest BCUT2D eigenvalue weighted by molar-refractivity contribution is 5.30. The molecule has 0 aromatic carbocycles. The molecule has 0 amide bonds. The van der Waals surface area contributed by atoms with Gasteiger partial charge in [0, 0.05) is 18.7 Å². The third-order valence-corrected chi connectivity index (χ3v) is 2.61. The maximum absolute atomic E-state index is 5.55. The fourth-order valence-corrected chi connectivity index (χ4v) is 1.50. The molecule has 1 fully saturated rings. The summed E-state index contributed by atoms with van der Waals surface area (Å²) in [4.78, 5) is 6.39. The van der Waals surface area contributed by atoms with Gasteiger partial charge < -0.3 is 15.4 Å². The highest BCUT2D eigenvalue weighted by atomic mass is 16.5. The molecule has 15 heavy (non-hydrogen) atoms. The van der Waals surface area contributed by atoms with E-state index in [4.69, 9.17) is 10.5 Å². The normalized spacial score (nSPS) is 15.6. The van der Waals surface area contributed by atoms with Gasteiger partial charge in [0.1, 0.15) is 12.4 Å². The van der Waals surface area contributed by atoms with E-state index in [1.165, 1.54) is 12.8 Å². The van der Waals surface area contributed by atoms with Crippen molar-refractivity contribution in [3.8, 4) is 5.88 Å². The van der Waals surface area contributed by atoms with Crippen molar-refractivity contribution in [3.63, 3.8) is 0 Å². The van der Waals surface area contributed by atoms with Gasteiger partial charge in [-0.2, -0.15) is 4.98 Å². The molecule has 0 saturated heterocycles. The highest BCUT2D eigenvalue weighted by Crippen LogP contribution is 2.24. The molecule has 1 heterocycles. The minimum Gasteiger partial charge on any atom is -0.476 e. The molecule has 82 valence electrons. The zero-order valence-electron chi connectivity index (χ0n) is 9.02. The Balaban J connectivity index is 1.73. The van der Waals surface area contributed by atoms with Crippen LogP contribution in [0, 0.1) is 0 Å². The number of nitrogen functional groups attached to an aromatic ring is 1. The number of anilines is 1. The standard InChI is InChI=1S/C11H17N3O/c1-14(9-5-6-9)7-8-15-11-4-2-3-10(12)13-11/h2-4,9H,5-8H2,1H3,(H2,12,13). The summed E-state index contributed by atoms with van der Waals surface area (Å²) >= 11 is 0. The Bertz CT molecular complexity index is 325. The summed E-state index contributed by atoms with van der Waals surface area (Å²) in [5, 5.41) is 0. The number of ether oxygens (including phenoxy) is 1. The molecule has 0 radical (unpaired) electrons. The third-order valence-electron chi connectivity index (χ3n) is 2.61. The van der Waals surface area contributed by atoms with Gasteiger partial charge in [0.15, 0.2) is 0 Å². The van der Waals surface area contributed by atoms with Crippen molar-refractivity contribution in [2.45, 2.75) is 18.9 Å². The molecule has 0 atom stereocenters. The number of aromatic nitrogens is 1. The number of rotatable bonds is 5. The summed E-state index contributed by atoms with van der Waals surface area (Å²) in [6, 6.07) is 6.21. The summed E-state index contributed by atoms with van der Waals surface area (Å²) < 4.78 is 5.50. The molecular weight excluding hydrogens is 190 g/mol. The number of hydrogen-bond acceptors (Lipinski definition) is 4. The number of likely N-dealkylation sites (N-methyl/N-ethyl adjacent to an activating group) is 1. The van der Waals surface area contributed by atoms with E-state index < -0.39 is 0 Å². The minimum atomic E-state index is 0.503. The van der Waals surface area contributed by atoms with E-state index in [1.54, 1.807) is 6.07 Å². The van der Waals surface area contributed by atoms with Crippen LogP contribution in [0.5, 0.6) is 5.88 Å². The third kappa shape index (κ3) is 3.09. The number of pyridine rings is 1. The average Bonchev–Trinajstić information content (AvgIpc) is 3.00. The minimum absolute atomic E-state index is 0.503. The van der Waals surface area contributed by atoms with Gasteiger partial charge in [-0.25, -0.2) is 0 Å². The zero-order chi connectivity index (χ0) is 10.7. The van der Waals surface area contributed by atoms with Crippen LogP contribution in [0.2, 0.25) is 0 Å². The van der Waals surface area contributed by atoms with Crippen LogP contribution in [-0.2, 0) is 0 Å². The largest absolute Gasteiger partial charge is 0.476 e. The first-order valence-corrected chi connectivity index (χ1v) is 5.31. The van der Waals surface area contributed by atoms with Crippen LogP contribution in [0.3, 0.4) is 0 Å². The lowest BCUT2D eigenvalue weighted by atomic mass is 10.4. The molecule has 1 aliphatic carbocycles. The van der Waals surface area contributed by atoms with Crippen LogP contribution in [0.25, 0.3) is 0 Å². The van der Waals surface area contributed by atoms with Gasteiger partial charge in [0.25, 0.3) is 0 Å². The smallest absolute Gasteiger partial charge is 0.215 e. The molecule has 4 nitrogen and oxygen atoms in total. The maximum Gasteiger partial charge on any atom is 0.215 e. The molecule has 0 unspecified atom stereocenters. The summed E-state index contributed by atoms with van der Waals surface area (Å²) in [5.74, 6) is 1.11. The first kappa shape index (κ1) is 10.2. The van der Waals surface area contributed by atoms with Gasteiger partial charge in [0.2, 0.25) is 5.88 Å². The van der Waals surface area contributed by atoms with Crippen LogP contribution < -0.4 is 10.5 Å². The van der Waals surface area contributed by atoms with Crippen molar-refractivity contribution < 1.29 is 4.74 Å². The molecule has 1 aromatic rings. The second-order valence-corrected chi connectivity index (χ2v) is 3.96. The van der Waals surface area contributed by atoms with Gasteiger partial charge in [-0.05, 0) is 26.0 Å². The van der Waals surface area contributed by atoms with Crippen LogP contribution in [0.4, 0.5) is 5.82 Å². The van der Waals surface area contributed by atoms with Crippen molar-refractivity contribution in [2.75, 3.05) is 25.9 Å². The molecule has 4 heteroatoms. The van der Waals surface area contributed by atoms with Crippen molar-refractivity contribution in [1.29, 1.82) is 0 Å². The average molecular weight is 207 g/mol. The van der Waals surface area contributed by atoms with Gasteiger partial charge in [-0.3, -0.25) is 0 Å². The van der Waals surface area contributed by atoms with Gasteiger partial charge in [-0.1, -0.05) is 6.07 Å². The quantitative estimate of drug-likeness (QED) is 0.786. The molecule has 0 aliphatic heterocycles. The molecule has 1 aromatic heterocycles. The lowest BCUT2D eigenvalue weighted by molar-refractivity contribution is 0.226. The van der Waals surface area contributed by atoms with E-state index in [1.807, 2.05) is 12.1 Å². The van der Waals surface area contributed by atoms with Crippen LogP contribution in [0.15, 0.2) is 18.2 Å². The van der Waals surface area contributed by atoms with Crippen LogP contribution in [-0.4, -0.2) is 36.1 Å². The zero-order valence-corrected chi connectivity index (χ0v) is 9.02. The molecule has 0 spiro atoms. The number of nitrogens with zero attached hydrogens (tertiary/aromatic N) is 2. The van der Waals surface area contributed by atoms with E-state index in [-0.39, 0.29) is 0 Å². The summed E-state index contributed by atoms with van der Waals surface area (Å²) in [6.07, 6.45) is 2.65. The van der Waals surface area contributed by atoms with E-state index >= 15 is 0 Å². The van der Waals surface area contributed by atoms with E-state index in [2.05, 4.69) is 16.9 Å². The second kappa shape index (κ2) is 4.49. The summed E-state index contributed by atoms with van der Waals surface area (Å²) in [6.45, 7) is 1.62. The van der Waals surface area contributed by atoms with Gasteiger partial charge in [0.05, 0.1) is 0 Å². The Morgan fingerprint density at radius 3 is 3.00 bits per heavy atom. The summed E-state index contributed by atoms with van der Waals surface area (Å²) in [7, 11) is 2.13. The fraction of sp³-hybridized carbons (Fsp3) is 0.545. The predicted octanol–water partition coefficient (Wildman–Crippen LogP) is 1.14. The second-order valence-electron chi connectivity index (χ2n) is 3.96. The van der Waals surface area contributed by atoms with E-state index in [0.29, 0.717) is 18.3 Å². The topological polar surface area (TPSA) is 51.4 Å². The van der Waals surface area contributed by atoms with Crippen molar-refractivity contribution in [2.24, 2.45) is 0 Å². The SMILES string of the molecule is CN(CCOc1cccc(N)n1)C1CC1. The molecule has 1 aliphatic rings. The number of hydrogen-bond donors (Lipinski definition) is 1. The lowest BCUT2D eigenvalue weighted by Crippen LogP contribution is -2.26. The van der Waals surface area contributed by atoms with Gasteiger partial charge >= 0.3 is 0 Å². The van der Waals surface area contributed by atoms with E-state index in [0.717, 1.165) is 12.6 Å². The summed E-state index contributed by atoms with van der Waals surface area (Å²) in [5.41, 5.74) is 5.55. The Kier molecular flexibility index (Phi) is 3.06. The Labute approximate surface area is 90.0 Å². The van der Waals surface area contributed by atoms with Crippen molar-refractivity contribution >= 4 is 5.82 Å². The van der Waals surface area contributed by atoms with Crippen LogP contribution in [0.1, 0.15) is 12.8 Å². The fourth-order valence-electron chi connectivity index (χ4n) is 1.50. The predicted molar refractivity (Wildman–Crippen MR) is 59.8 cm³/mol. The monoisotopic (exact) mass is 207 g/mol. The Morgan fingerprint density at radius 1 is 1.53 bits per heavy atom. The molecular formula is C11H17N3O. The first-order chi connectivity index (χ1) is 7.25.